The summed E-state index contributed by atoms with van der Waals surface area (Å²) in [6.45, 7) is -2.96. The van der Waals surface area contributed by atoms with E-state index in [1.165, 1.54) is 7.05 Å². The Morgan fingerprint density at radius 1 is 0.769 bits per heavy atom. The zero-order valence-corrected chi connectivity index (χ0v) is 21.0. The van der Waals surface area contributed by atoms with Crippen LogP contribution in [0.4, 0.5) is 0 Å². The molecule has 39 heavy (non-hydrogen) atoms. The maximum atomic E-state index is 10.7. The molecule has 0 aromatic rings. The predicted molar refractivity (Wildman–Crippen MR) is 122 cm³/mol. The van der Waals surface area contributed by atoms with Gasteiger partial charge in [0.25, 0.3) is 0 Å². The second kappa shape index (κ2) is 15.2. The minimum Gasteiger partial charge on any atom is -0.480 e. The minimum absolute atomic E-state index is 0.358. The third-order valence-electron chi connectivity index (χ3n) is 6.42. The van der Waals surface area contributed by atoms with E-state index in [2.05, 4.69) is 0 Å². The fourth-order valence-electron chi connectivity index (χ4n) is 4.06. The van der Waals surface area contributed by atoms with Gasteiger partial charge in [-0.1, -0.05) is 0 Å². The van der Waals surface area contributed by atoms with E-state index in [0.29, 0.717) is 0 Å². The molecule has 0 amide bonds. The summed E-state index contributed by atoms with van der Waals surface area (Å²) in [7, 11) is 1.34. The van der Waals surface area contributed by atoms with E-state index in [1.807, 2.05) is 0 Å². The van der Waals surface area contributed by atoms with Crippen molar-refractivity contribution >= 4 is 5.97 Å². The molecule has 12 N–H and O–H groups in total. The van der Waals surface area contributed by atoms with Crippen LogP contribution in [0.5, 0.6) is 0 Å². The van der Waals surface area contributed by atoms with Crippen molar-refractivity contribution in [2.24, 2.45) is 0 Å². The lowest BCUT2D eigenvalue weighted by molar-refractivity contribution is -0.333. The van der Waals surface area contributed by atoms with Gasteiger partial charge in [-0.05, 0) is 7.05 Å². The number of aliphatic carboxylic acids is 1. The highest BCUT2D eigenvalue weighted by Gasteiger charge is 2.47. The van der Waals surface area contributed by atoms with Crippen LogP contribution < -0.4 is 0 Å². The standard InChI is InChI=1S/C21H39NO17/c1-22(3-11(26)27)2-7(24)12(28)13(29)8(25)5-36-20-19(35)17(33)15(31)10(39-20)6-37-21-18(34)16(32)14(30)9(4-23)38-21/h7-10,12-21,23-25,28-35H,2-6H2,1H3,(H,26,27)/t7?,8-,9-,10-,12-,13-,14-,15-,16+,17+,18-,19-,20-,21-/m1/s1. The van der Waals surface area contributed by atoms with Crippen LogP contribution in [0.3, 0.4) is 0 Å². The summed E-state index contributed by atoms with van der Waals surface area (Å²) >= 11 is 0. The molecule has 2 rings (SSSR count). The predicted octanol–water partition coefficient (Wildman–Crippen LogP) is -7.91. The molecule has 2 fully saturated rings. The number of carboxylic acids is 1. The first-order chi connectivity index (χ1) is 18.2. The fraction of sp³-hybridized carbons (Fsp3) is 0.952. The monoisotopic (exact) mass is 577 g/mol. The minimum atomic E-state index is -1.99. The number of carbonyl (C=O) groups is 1. The topological polar surface area (TPSA) is 300 Å². The lowest BCUT2D eigenvalue weighted by Gasteiger charge is -2.42. The van der Waals surface area contributed by atoms with Crippen molar-refractivity contribution in [3.63, 3.8) is 0 Å². The number of aliphatic hydroxyl groups excluding tert-OH is 11. The van der Waals surface area contributed by atoms with Gasteiger partial charge in [0, 0.05) is 6.54 Å². The van der Waals surface area contributed by atoms with Crippen molar-refractivity contribution in [2.45, 2.75) is 85.8 Å². The second-order valence-electron chi connectivity index (χ2n) is 9.59. The van der Waals surface area contributed by atoms with Crippen molar-refractivity contribution in [1.82, 2.24) is 4.90 Å². The normalized spacial score (nSPS) is 38.8. The Morgan fingerprint density at radius 2 is 1.26 bits per heavy atom. The molecule has 0 bridgehead atoms. The van der Waals surface area contributed by atoms with Gasteiger partial charge in [0.1, 0.15) is 67.1 Å². The number of likely N-dealkylation sites (N-methyl/N-ethyl adjacent to an activating group) is 1. The van der Waals surface area contributed by atoms with Gasteiger partial charge < -0.3 is 80.2 Å². The molecule has 1 unspecified atom stereocenters. The van der Waals surface area contributed by atoms with Crippen molar-refractivity contribution in [2.75, 3.05) is 40.0 Å². The number of hydrogen-bond acceptors (Lipinski definition) is 17. The number of hydrogen-bond donors (Lipinski definition) is 12. The Kier molecular flexibility index (Phi) is 13.2. The Bertz CT molecular complexity index is 747. The Morgan fingerprint density at radius 3 is 1.79 bits per heavy atom. The van der Waals surface area contributed by atoms with Gasteiger partial charge >= 0.3 is 5.97 Å². The maximum Gasteiger partial charge on any atom is 0.317 e. The molecule has 2 aliphatic heterocycles. The zero-order chi connectivity index (χ0) is 29.6. The number of nitrogens with zero attached hydrogens (tertiary/aromatic N) is 1. The molecule has 2 saturated heterocycles. The molecule has 18 heteroatoms. The SMILES string of the molecule is CN(CC(=O)O)CC(O)[C@@H](O)[C@H](O)[C@H](O)CO[C@@H]1O[C@H](CO[C@@H]2O[C@H](CO)[C@@H](O)[C@H](O)[C@H]2O)[C@@H](O)[C@H](O)[C@H]1O. The molecule has 2 heterocycles. The zero-order valence-electron chi connectivity index (χ0n) is 21.0. The molecule has 230 valence electrons. The molecule has 0 radical (unpaired) electrons. The van der Waals surface area contributed by atoms with Crippen LogP contribution in [0, 0.1) is 0 Å². The number of rotatable bonds is 14. The van der Waals surface area contributed by atoms with Crippen LogP contribution in [0.15, 0.2) is 0 Å². The third kappa shape index (κ3) is 8.91. The highest BCUT2D eigenvalue weighted by molar-refractivity contribution is 5.69. The van der Waals surface area contributed by atoms with Crippen LogP contribution in [-0.2, 0) is 23.7 Å². The van der Waals surface area contributed by atoms with Gasteiger partial charge in [-0.3, -0.25) is 9.69 Å². The van der Waals surface area contributed by atoms with Crippen molar-refractivity contribution in [3.8, 4) is 0 Å². The number of aliphatic hydroxyl groups is 11. The molecule has 18 nitrogen and oxygen atoms in total. The van der Waals surface area contributed by atoms with Gasteiger partial charge in [-0.2, -0.15) is 0 Å². The van der Waals surface area contributed by atoms with Crippen LogP contribution >= 0.6 is 0 Å². The lowest BCUT2D eigenvalue weighted by atomic mass is 9.98. The van der Waals surface area contributed by atoms with E-state index in [4.69, 9.17) is 24.1 Å². The fourth-order valence-corrected chi connectivity index (χ4v) is 4.06. The number of carboxylic acid groups (broad SMARTS) is 1. The van der Waals surface area contributed by atoms with Gasteiger partial charge in [-0.25, -0.2) is 0 Å². The van der Waals surface area contributed by atoms with Crippen molar-refractivity contribution in [1.29, 1.82) is 0 Å². The summed E-state index contributed by atoms with van der Waals surface area (Å²) in [5.74, 6) is -1.19. The summed E-state index contributed by atoms with van der Waals surface area (Å²) < 4.78 is 21.0. The van der Waals surface area contributed by atoms with Gasteiger partial charge in [0.2, 0.25) is 0 Å². The van der Waals surface area contributed by atoms with E-state index in [0.717, 1.165) is 4.90 Å². The molecule has 0 aliphatic carbocycles. The molecule has 0 aromatic heterocycles. The highest BCUT2D eigenvalue weighted by Crippen LogP contribution is 2.26. The first-order valence-electron chi connectivity index (χ1n) is 12.1. The summed E-state index contributed by atoms with van der Waals surface area (Å²) in [5.41, 5.74) is 0. The molecule has 0 saturated carbocycles. The van der Waals surface area contributed by atoms with E-state index in [9.17, 15) is 61.0 Å². The largest absolute Gasteiger partial charge is 0.480 e. The summed E-state index contributed by atoms with van der Waals surface area (Å²) in [5, 5.41) is 119. The first-order valence-corrected chi connectivity index (χ1v) is 12.1. The Hall–Kier alpha value is -1.17. The molecular weight excluding hydrogens is 538 g/mol. The van der Waals surface area contributed by atoms with Crippen LogP contribution in [0.1, 0.15) is 0 Å². The van der Waals surface area contributed by atoms with Gasteiger partial charge in [0.15, 0.2) is 12.6 Å². The third-order valence-corrected chi connectivity index (χ3v) is 6.42. The maximum absolute atomic E-state index is 10.7. The van der Waals surface area contributed by atoms with E-state index in [1.54, 1.807) is 0 Å². The molecule has 0 aromatic carbocycles. The quantitative estimate of drug-likeness (QED) is 0.0912. The van der Waals surface area contributed by atoms with E-state index in [-0.39, 0.29) is 6.54 Å². The van der Waals surface area contributed by atoms with Gasteiger partial charge in [-0.15, -0.1) is 0 Å². The van der Waals surface area contributed by atoms with E-state index < -0.39 is 118 Å². The van der Waals surface area contributed by atoms with Gasteiger partial charge in [0.05, 0.1) is 32.5 Å². The molecule has 0 spiro atoms. The average molecular weight is 578 g/mol. The molecule has 14 atom stereocenters. The van der Waals surface area contributed by atoms with Crippen molar-refractivity contribution in [3.05, 3.63) is 0 Å². The first kappa shape index (κ1) is 34.0. The summed E-state index contributed by atoms with van der Waals surface area (Å²) in [4.78, 5) is 11.9. The van der Waals surface area contributed by atoms with Crippen LogP contribution in [-0.4, -0.2) is 198 Å². The lowest BCUT2D eigenvalue weighted by Crippen LogP contribution is -2.62. The molecule has 2 aliphatic rings. The Labute approximate surface area is 222 Å². The number of ether oxygens (including phenoxy) is 4. The highest BCUT2D eigenvalue weighted by atomic mass is 16.7. The van der Waals surface area contributed by atoms with E-state index >= 15 is 0 Å². The van der Waals surface area contributed by atoms with Crippen molar-refractivity contribution < 1.29 is 85.0 Å². The Balaban J connectivity index is 1.92. The summed E-state index contributed by atoms with van der Waals surface area (Å²) in [6.07, 6.45) is -24.0. The second-order valence-corrected chi connectivity index (χ2v) is 9.59. The van der Waals surface area contributed by atoms with Crippen LogP contribution in [0.2, 0.25) is 0 Å². The average Bonchev–Trinajstić information content (AvgIpc) is 2.88. The molecular formula is C21H39NO17. The summed E-state index contributed by atoms with van der Waals surface area (Å²) in [6, 6.07) is 0. The van der Waals surface area contributed by atoms with Crippen LogP contribution in [0.25, 0.3) is 0 Å². The smallest absolute Gasteiger partial charge is 0.317 e.